The third kappa shape index (κ3) is 6.05. The monoisotopic (exact) mass is 507 g/mol. The number of benzene rings is 1. The molecular formula is C27H36F3N3O3. The van der Waals surface area contributed by atoms with Crippen LogP contribution in [0.4, 0.5) is 13.2 Å². The van der Waals surface area contributed by atoms with Crippen molar-refractivity contribution in [1.29, 1.82) is 0 Å². The molecule has 2 amide bonds. The van der Waals surface area contributed by atoms with E-state index in [9.17, 15) is 22.8 Å². The van der Waals surface area contributed by atoms with Crippen LogP contribution in [0, 0.1) is 11.8 Å². The van der Waals surface area contributed by atoms with Gasteiger partial charge in [0, 0.05) is 61.9 Å². The van der Waals surface area contributed by atoms with Gasteiger partial charge in [0.2, 0.25) is 5.91 Å². The Balaban J connectivity index is 1.44. The van der Waals surface area contributed by atoms with E-state index in [0.29, 0.717) is 23.8 Å². The first-order chi connectivity index (χ1) is 17.2. The van der Waals surface area contributed by atoms with Crippen LogP contribution in [0.2, 0.25) is 0 Å². The molecule has 1 aliphatic carbocycles. The second-order valence-electron chi connectivity index (χ2n) is 10.1. The summed E-state index contributed by atoms with van der Waals surface area (Å²) in [4.78, 5) is 26.3. The van der Waals surface area contributed by atoms with E-state index in [1.165, 1.54) is 22.6 Å². The van der Waals surface area contributed by atoms with E-state index >= 15 is 0 Å². The molecule has 1 N–H and O–H groups in total. The number of nitrogens with zero attached hydrogens (tertiary/aromatic N) is 2. The molecule has 2 heterocycles. The fourth-order valence-electron chi connectivity index (χ4n) is 5.85. The fourth-order valence-corrected chi connectivity index (χ4v) is 5.85. The second kappa shape index (κ2) is 11.2. The predicted molar refractivity (Wildman–Crippen MR) is 132 cm³/mol. The minimum absolute atomic E-state index is 0.0623. The molecule has 1 aromatic heterocycles. The summed E-state index contributed by atoms with van der Waals surface area (Å²) in [7, 11) is 1.66. The number of alkyl halides is 3. The van der Waals surface area contributed by atoms with Gasteiger partial charge in [0.1, 0.15) is 6.54 Å². The highest BCUT2D eigenvalue weighted by molar-refractivity contribution is 5.99. The van der Waals surface area contributed by atoms with Gasteiger partial charge in [0.05, 0.1) is 0 Å². The first kappa shape index (κ1) is 26.5. The van der Waals surface area contributed by atoms with Crippen molar-refractivity contribution in [3.05, 3.63) is 35.0 Å². The summed E-state index contributed by atoms with van der Waals surface area (Å²) < 4.78 is 44.7. The molecule has 2 aliphatic rings. The maximum Gasteiger partial charge on any atom is 0.405 e. The standard InChI is InChI=1S/C27H36F3N3O3/c1-3-33-23-8-6-19(18-10-13-36-14-11-18)15-21(23)22-16-20(7-9-24(22)33)26(35)32(2)12-4-5-25(34)31-17-27(28,29)30/h7,9,16,18-19H,3-6,8,10-15,17H2,1-2H3,(H,31,34). The molecule has 0 saturated carbocycles. The van der Waals surface area contributed by atoms with Crippen LogP contribution in [0.15, 0.2) is 18.2 Å². The molecular weight excluding hydrogens is 471 g/mol. The molecule has 1 unspecified atom stereocenters. The molecule has 1 aromatic carbocycles. The Labute approximate surface area is 210 Å². The summed E-state index contributed by atoms with van der Waals surface area (Å²) in [6.45, 7) is 3.69. The van der Waals surface area contributed by atoms with Gasteiger partial charge in [-0.3, -0.25) is 9.59 Å². The average Bonchev–Trinajstić information content (AvgIpc) is 3.19. The van der Waals surface area contributed by atoms with Crippen molar-refractivity contribution in [2.45, 2.75) is 64.6 Å². The number of nitrogens with one attached hydrogen (secondary N) is 1. The number of aryl methyl sites for hydroxylation is 1. The van der Waals surface area contributed by atoms with Crippen LogP contribution in [0.25, 0.3) is 10.9 Å². The zero-order valence-corrected chi connectivity index (χ0v) is 21.1. The normalized spacial score (nSPS) is 18.8. The van der Waals surface area contributed by atoms with Crippen molar-refractivity contribution in [1.82, 2.24) is 14.8 Å². The molecule has 9 heteroatoms. The van der Waals surface area contributed by atoms with E-state index in [-0.39, 0.29) is 18.9 Å². The van der Waals surface area contributed by atoms with Gasteiger partial charge in [-0.15, -0.1) is 0 Å². The summed E-state index contributed by atoms with van der Waals surface area (Å²) >= 11 is 0. The number of fused-ring (bicyclic) bond motifs is 3. The van der Waals surface area contributed by atoms with Gasteiger partial charge in [0.15, 0.2) is 0 Å². The third-order valence-corrected chi connectivity index (χ3v) is 7.73. The topological polar surface area (TPSA) is 63.6 Å². The summed E-state index contributed by atoms with van der Waals surface area (Å²) in [6, 6.07) is 5.89. The van der Waals surface area contributed by atoms with Gasteiger partial charge < -0.3 is 19.5 Å². The van der Waals surface area contributed by atoms with Crippen LogP contribution in [0.5, 0.6) is 0 Å². The number of halogens is 3. The average molecular weight is 508 g/mol. The Morgan fingerprint density at radius 1 is 1.17 bits per heavy atom. The molecule has 1 aliphatic heterocycles. The number of hydrogen-bond acceptors (Lipinski definition) is 3. The lowest BCUT2D eigenvalue weighted by molar-refractivity contribution is -0.138. The number of ether oxygens (including phenoxy) is 1. The molecule has 0 bridgehead atoms. The van der Waals surface area contributed by atoms with Gasteiger partial charge >= 0.3 is 6.18 Å². The van der Waals surface area contributed by atoms with Crippen LogP contribution >= 0.6 is 0 Å². The number of hydrogen-bond donors (Lipinski definition) is 1. The molecule has 1 fully saturated rings. The van der Waals surface area contributed by atoms with E-state index in [1.807, 2.05) is 23.5 Å². The highest BCUT2D eigenvalue weighted by Gasteiger charge is 2.31. The highest BCUT2D eigenvalue weighted by atomic mass is 19.4. The van der Waals surface area contributed by atoms with E-state index < -0.39 is 18.6 Å². The van der Waals surface area contributed by atoms with Crippen LogP contribution < -0.4 is 5.32 Å². The zero-order chi connectivity index (χ0) is 25.9. The van der Waals surface area contributed by atoms with Gasteiger partial charge in [-0.05, 0) is 81.0 Å². The van der Waals surface area contributed by atoms with E-state index in [4.69, 9.17) is 4.74 Å². The Kier molecular flexibility index (Phi) is 8.27. The largest absolute Gasteiger partial charge is 0.405 e. The molecule has 1 saturated heterocycles. The van der Waals surface area contributed by atoms with Crippen molar-refractivity contribution in [3.63, 3.8) is 0 Å². The number of amides is 2. The molecule has 1 atom stereocenters. The Bertz CT molecular complexity index is 1090. The predicted octanol–water partition coefficient (Wildman–Crippen LogP) is 4.72. The highest BCUT2D eigenvalue weighted by Crippen LogP contribution is 2.39. The maximum atomic E-state index is 13.1. The zero-order valence-electron chi connectivity index (χ0n) is 21.1. The van der Waals surface area contributed by atoms with Crippen molar-refractivity contribution in [3.8, 4) is 0 Å². The minimum Gasteiger partial charge on any atom is -0.381 e. The number of carbonyl (C=O) groups is 2. The van der Waals surface area contributed by atoms with Crippen LogP contribution in [-0.2, 0) is 28.9 Å². The lowest BCUT2D eigenvalue weighted by Crippen LogP contribution is -2.34. The smallest absolute Gasteiger partial charge is 0.381 e. The van der Waals surface area contributed by atoms with Crippen LogP contribution in [0.1, 0.15) is 60.6 Å². The van der Waals surface area contributed by atoms with E-state index in [2.05, 4.69) is 11.5 Å². The molecule has 0 spiro atoms. The Morgan fingerprint density at radius 3 is 2.61 bits per heavy atom. The Morgan fingerprint density at radius 2 is 1.92 bits per heavy atom. The second-order valence-corrected chi connectivity index (χ2v) is 10.1. The maximum absolute atomic E-state index is 13.1. The van der Waals surface area contributed by atoms with Gasteiger partial charge in [-0.25, -0.2) is 0 Å². The molecule has 4 rings (SSSR count). The summed E-state index contributed by atoms with van der Waals surface area (Å²) in [5.74, 6) is 0.516. The van der Waals surface area contributed by atoms with Crippen molar-refractivity contribution >= 4 is 22.7 Å². The number of carbonyl (C=O) groups excluding carboxylic acids is 2. The third-order valence-electron chi connectivity index (χ3n) is 7.73. The van der Waals surface area contributed by atoms with Crippen molar-refractivity contribution in [2.24, 2.45) is 11.8 Å². The van der Waals surface area contributed by atoms with Gasteiger partial charge in [0.25, 0.3) is 5.91 Å². The molecule has 2 aromatic rings. The van der Waals surface area contributed by atoms with E-state index in [0.717, 1.165) is 56.3 Å². The Hall–Kier alpha value is -2.55. The molecule has 36 heavy (non-hydrogen) atoms. The minimum atomic E-state index is -4.43. The first-order valence-corrected chi connectivity index (χ1v) is 13.0. The molecule has 198 valence electrons. The quantitative estimate of drug-likeness (QED) is 0.562. The summed E-state index contributed by atoms with van der Waals surface area (Å²) in [6.07, 6.45) is 1.32. The van der Waals surface area contributed by atoms with Gasteiger partial charge in [-0.1, -0.05) is 0 Å². The van der Waals surface area contributed by atoms with Crippen molar-refractivity contribution in [2.75, 3.05) is 33.4 Å². The molecule has 0 radical (unpaired) electrons. The number of aromatic nitrogens is 1. The van der Waals surface area contributed by atoms with Crippen LogP contribution in [0.3, 0.4) is 0 Å². The fraction of sp³-hybridized carbons (Fsp3) is 0.630. The van der Waals surface area contributed by atoms with Gasteiger partial charge in [-0.2, -0.15) is 13.2 Å². The SMILES string of the molecule is CCn1c2c(c3cc(C(=O)N(C)CCCC(=O)NCC(F)(F)F)ccc31)CC(C1CCOCC1)CC2. The summed E-state index contributed by atoms with van der Waals surface area (Å²) in [5, 5.41) is 3.01. The molecule has 6 nitrogen and oxygen atoms in total. The lowest BCUT2D eigenvalue weighted by atomic mass is 9.75. The van der Waals surface area contributed by atoms with Crippen LogP contribution in [-0.4, -0.2) is 60.8 Å². The van der Waals surface area contributed by atoms with E-state index in [1.54, 1.807) is 7.05 Å². The van der Waals surface area contributed by atoms with Crippen molar-refractivity contribution < 1.29 is 27.5 Å². The summed E-state index contributed by atoms with van der Waals surface area (Å²) in [5.41, 5.74) is 4.51. The first-order valence-electron chi connectivity index (χ1n) is 13.0. The number of rotatable bonds is 8. The lowest BCUT2D eigenvalue weighted by Gasteiger charge is -2.33.